The van der Waals surface area contributed by atoms with Crippen LogP contribution < -0.4 is 9.47 Å². The van der Waals surface area contributed by atoms with Crippen LogP contribution in [0.5, 0.6) is 23.0 Å². The number of phenolic OH excluding ortho intramolecular Hbond substituents is 1. The van der Waals surface area contributed by atoms with Gasteiger partial charge in [0.05, 0.1) is 33.8 Å². The second-order valence-corrected chi connectivity index (χ2v) is 8.86. The number of phenols is 1. The van der Waals surface area contributed by atoms with Crippen molar-refractivity contribution in [2.75, 3.05) is 6.61 Å². The van der Waals surface area contributed by atoms with Crippen LogP contribution in [0.15, 0.2) is 82.2 Å². The Morgan fingerprint density at radius 3 is 2.49 bits per heavy atom. The monoisotopic (exact) mass is 554 g/mol. The number of aryl methyl sites for hydroxylation is 1. The van der Waals surface area contributed by atoms with Crippen LogP contribution >= 0.6 is 0 Å². The number of nitro benzene ring substituents is 2. The summed E-state index contributed by atoms with van der Waals surface area (Å²) in [5, 5.41) is 33.1. The van der Waals surface area contributed by atoms with Gasteiger partial charge in [-0.1, -0.05) is 6.07 Å². The van der Waals surface area contributed by atoms with Crippen molar-refractivity contribution < 1.29 is 28.8 Å². The highest BCUT2D eigenvalue weighted by molar-refractivity contribution is 5.84. The molecule has 5 aromatic rings. The van der Waals surface area contributed by atoms with Gasteiger partial charge in [-0.25, -0.2) is 4.98 Å². The summed E-state index contributed by atoms with van der Waals surface area (Å²) >= 11 is 0. The zero-order valence-electron chi connectivity index (χ0n) is 21.8. The van der Waals surface area contributed by atoms with Gasteiger partial charge in [-0.3, -0.25) is 25.2 Å². The van der Waals surface area contributed by atoms with Gasteiger partial charge in [0, 0.05) is 18.3 Å². The molecule has 41 heavy (non-hydrogen) atoms. The standard InChI is InChI=1S/C29H22N4O8/c1-3-39-28-13-18(5-10-27(28)40-26-11-7-20(32(35)36)15-23(26)33(37)38)16-30-19-6-8-21(24(34)14-19)29-31-22-12-17(2)4-9-25(22)41-29/h4-16,34H,3H2,1-2H3. The molecule has 5 rings (SSSR count). The van der Waals surface area contributed by atoms with E-state index in [0.717, 1.165) is 17.7 Å². The van der Waals surface area contributed by atoms with Crippen molar-refractivity contribution in [3.8, 4) is 34.5 Å². The van der Waals surface area contributed by atoms with E-state index in [-0.39, 0.29) is 29.6 Å². The fourth-order valence-electron chi connectivity index (χ4n) is 4.01. The van der Waals surface area contributed by atoms with Crippen LogP contribution in [0.4, 0.5) is 17.1 Å². The summed E-state index contributed by atoms with van der Waals surface area (Å²) in [7, 11) is 0. The molecule has 0 atom stereocenters. The summed E-state index contributed by atoms with van der Waals surface area (Å²) in [6, 6.07) is 18.5. The van der Waals surface area contributed by atoms with E-state index in [0.29, 0.717) is 33.8 Å². The minimum Gasteiger partial charge on any atom is -0.507 e. The number of fused-ring (bicyclic) bond motifs is 1. The number of ether oxygens (including phenoxy) is 2. The third-order valence-corrected chi connectivity index (χ3v) is 5.96. The Kier molecular flexibility index (Phi) is 7.29. The smallest absolute Gasteiger partial charge is 0.318 e. The molecule has 0 saturated carbocycles. The Labute approximate surface area is 232 Å². The van der Waals surface area contributed by atoms with Crippen LogP contribution in [-0.4, -0.2) is 32.8 Å². The van der Waals surface area contributed by atoms with Crippen LogP contribution in [0, 0.1) is 27.2 Å². The van der Waals surface area contributed by atoms with E-state index in [1.165, 1.54) is 12.1 Å². The molecule has 1 aromatic heterocycles. The lowest BCUT2D eigenvalue weighted by Crippen LogP contribution is -1.99. The molecule has 0 unspecified atom stereocenters. The zero-order valence-corrected chi connectivity index (χ0v) is 21.8. The van der Waals surface area contributed by atoms with E-state index in [2.05, 4.69) is 9.98 Å². The van der Waals surface area contributed by atoms with Crippen LogP contribution in [0.3, 0.4) is 0 Å². The van der Waals surface area contributed by atoms with E-state index in [1.54, 1.807) is 43.5 Å². The summed E-state index contributed by atoms with van der Waals surface area (Å²) in [5.74, 6) is 0.535. The van der Waals surface area contributed by atoms with E-state index in [4.69, 9.17) is 13.9 Å². The maximum atomic E-state index is 11.5. The van der Waals surface area contributed by atoms with Crippen molar-refractivity contribution in [3.05, 3.63) is 104 Å². The third-order valence-electron chi connectivity index (χ3n) is 5.96. The summed E-state index contributed by atoms with van der Waals surface area (Å²) in [5.41, 5.74) is 2.90. The van der Waals surface area contributed by atoms with Gasteiger partial charge >= 0.3 is 5.69 Å². The number of nitro groups is 2. The third kappa shape index (κ3) is 5.81. The predicted octanol–water partition coefficient (Wildman–Crippen LogP) is 7.27. The molecule has 12 heteroatoms. The summed E-state index contributed by atoms with van der Waals surface area (Å²) < 4.78 is 17.2. The Hall–Kier alpha value is -5.78. The molecule has 0 amide bonds. The second-order valence-electron chi connectivity index (χ2n) is 8.86. The van der Waals surface area contributed by atoms with Crippen molar-refractivity contribution in [1.82, 2.24) is 4.98 Å². The second kappa shape index (κ2) is 11.1. The molecule has 0 aliphatic rings. The first-order valence-electron chi connectivity index (χ1n) is 12.3. The summed E-state index contributed by atoms with van der Waals surface area (Å²) in [6.45, 7) is 4.01. The first-order valence-corrected chi connectivity index (χ1v) is 12.3. The number of aromatic hydroxyl groups is 1. The fraction of sp³-hybridized carbons (Fsp3) is 0.103. The number of oxazole rings is 1. The number of aliphatic imine (C=N–C) groups is 1. The number of non-ortho nitro benzene ring substituents is 1. The molecule has 0 fully saturated rings. The number of aromatic nitrogens is 1. The highest BCUT2D eigenvalue weighted by Crippen LogP contribution is 2.39. The maximum absolute atomic E-state index is 11.5. The summed E-state index contributed by atoms with van der Waals surface area (Å²) in [6.07, 6.45) is 1.55. The average molecular weight is 555 g/mol. The van der Waals surface area contributed by atoms with Crippen LogP contribution in [0.25, 0.3) is 22.6 Å². The first kappa shape index (κ1) is 26.8. The van der Waals surface area contributed by atoms with Gasteiger partial charge in [0.1, 0.15) is 11.3 Å². The first-order chi connectivity index (χ1) is 19.7. The van der Waals surface area contributed by atoms with Gasteiger partial charge in [0.15, 0.2) is 17.1 Å². The highest BCUT2D eigenvalue weighted by atomic mass is 16.6. The molecule has 0 aliphatic heterocycles. The van der Waals surface area contributed by atoms with Crippen molar-refractivity contribution in [2.45, 2.75) is 13.8 Å². The van der Waals surface area contributed by atoms with Gasteiger partial charge < -0.3 is 19.0 Å². The highest BCUT2D eigenvalue weighted by Gasteiger charge is 2.22. The minimum absolute atomic E-state index is 0.0497. The molecule has 0 bridgehead atoms. The van der Waals surface area contributed by atoms with E-state index in [9.17, 15) is 25.3 Å². The van der Waals surface area contributed by atoms with E-state index in [1.807, 2.05) is 25.1 Å². The lowest BCUT2D eigenvalue weighted by atomic mass is 10.1. The van der Waals surface area contributed by atoms with Crippen LogP contribution in [0.1, 0.15) is 18.1 Å². The number of benzene rings is 4. The van der Waals surface area contributed by atoms with Gasteiger partial charge in [0.2, 0.25) is 11.6 Å². The zero-order chi connectivity index (χ0) is 29.1. The lowest BCUT2D eigenvalue weighted by Gasteiger charge is -2.12. The largest absolute Gasteiger partial charge is 0.507 e. The van der Waals surface area contributed by atoms with Crippen LogP contribution in [0.2, 0.25) is 0 Å². The molecule has 206 valence electrons. The fourth-order valence-corrected chi connectivity index (χ4v) is 4.01. The predicted molar refractivity (Wildman–Crippen MR) is 151 cm³/mol. The Bertz CT molecular complexity index is 1830. The summed E-state index contributed by atoms with van der Waals surface area (Å²) in [4.78, 5) is 29.9. The molecule has 1 heterocycles. The van der Waals surface area contributed by atoms with Crippen molar-refractivity contribution in [3.63, 3.8) is 0 Å². The normalized spacial score (nSPS) is 11.2. The van der Waals surface area contributed by atoms with Crippen molar-refractivity contribution in [1.29, 1.82) is 0 Å². The number of hydrogen-bond acceptors (Lipinski definition) is 10. The SMILES string of the molecule is CCOc1cc(C=Nc2ccc(-c3nc4cc(C)ccc4o3)c(O)c2)ccc1Oc1ccc([N+](=O)[O-])cc1[N+](=O)[O-]. The van der Waals surface area contributed by atoms with E-state index < -0.39 is 21.2 Å². The Balaban J connectivity index is 1.38. The minimum atomic E-state index is -0.754. The molecule has 1 N–H and O–H groups in total. The molecule has 0 radical (unpaired) electrons. The van der Waals surface area contributed by atoms with Gasteiger partial charge in [0.25, 0.3) is 5.69 Å². The number of rotatable bonds is 9. The van der Waals surface area contributed by atoms with Gasteiger partial charge in [-0.2, -0.15) is 0 Å². The Morgan fingerprint density at radius 2 is 1.76 bits per heavy atom. The quantitative estimate of drug-likeness (QED) is 0.112. The molecular formula is C29H22N4O8. The molecule has 0 aliphatic carbocycles. The molecule has 0 spiro atoms. The lowest BCUT2D eigenvalue weighted by molar-refractivity contribution is -0.394. The van der Waals surface area contributed by atoms with E-state index >= 15 is 0 Å². The Morgan fingerprint density at radius 1 is 0.951 bits per heavy atom. The molecule has 0 saturated heterocycles. The molecule has 4 aromatic carbocycles. The number of hydrogen-bond donors (Lipinski definition) is 1. The van der Waals surface area contributed by atoms with Gasteiger partial charge in [-0.05, 0) is 73.5 Å². The topological polar surface area (TPSA) is 163 Å². The van der Waals surface area contributed by atoms with Crippen molar-refractivity contribution in [2.24, 2.45) is 4.99 Å². The van der Waals surface area contributed by atoms with Crippen LogP contribution in [-0.2, 0) is 0 Å². The molecular weight excluding hydrogens is 532 g/mol. The van der Waals surface area contributed by atoms with Crippen molar-refractivity contribution >= 4 is 34.4 Å². The average Bonchev–Trinajstić information content (AvgIpc) is 3.36. The molecule has 12 nitrogen and oxygen atoms in total. The number of nitrogens with zero attached hydrogens (tertiary/aromatic N) is 4. The van der Waals surface area contributed by atoms with Gasteiger partial charge in [-0.15, -0.1) is 0 Å². The maximum Gasteiger partial charge on any atom is 0.318 e.